The number of aliphatic hydroxyl groups is 1. The quantitative estimate of drug-likeness (QED) is 0.783. The van der Waals surface area contributed by atoms with E-state index in [1.54, 1.807) is 0 Å². The van der Waals surface area contributed by atoms with Crippen LogP contribution in [-0.2, 0) is 4.79 Å². The summed E-state index contributed by atoms with van der Waals surface area (Å²) in [4.78, 5) is 12.3. The van der Waals surface area contributed by atoms with Gasteiger partial charge in [-0.3, -0.25) is 4.79 Å². The molecule has 3 aliphatic rings. The van der Waals surface area contributed by atoms with Crippen molar-refractivity contribution in [3.05, 3.63) is 0 Å². The summed E-state index contributed by atoms with van der Waals surface area (Å²) in [6, 6.07) is 0.140. The Morgan fingerprint density at radius 1 is 1.28 bits per heavy atom. The van der Waals surface area contributed by atoms with Crippen LogP contribution in [0.25, 0.3) is 0 Å². The third-order valence-electron chi connectivity index (χ3n) is 5.61. The third-order valence-corrected chi connectivity index (χ3v) is 5.61. The number of rotatable bonds is 5. The van der Waals surface area contributed by atoms with Crippen LogP contribution in [0.15, 0.2) is 0 Å². The second-order valence-corrected chi connectivity index (χ2v) is 6.89. The van der Waals surface area contributed by atoms with Gasteiger partial charge in [0.25, 0.3) is 0 Å². The van der Waals surface area contributed by atoms with Crippen LogP contribution < -0.4 is 5.32 Å². The first-order valence-electron chi connectivity index (χ1n) is 7.54. The van der Waals surface area contributed by atoms with E-state index in [4.69, 9.17) is 5.11 Å². The van der Waals surface area contributed by atoms with E-state index in [-0.39, 0.29) is 18.6 Å². The van der Waals surface area contributed by atoms with Gasteiger partial charge in [0, 0.05) is 18.6 Å². The van der Waals surface area contributed by atoms with Crippen molar-refractivity contribution in [2.75, 3.05) is 6.61 Å². The van der Waals surface area contributed by atoms with Gasteiger partial charge in [0.2, 0.25) is 5.91 Å². The minimum atomic E-state index is 0.140. The molecule has 3 heteroatoms. The average molecular weight is 251 g/mol. The van der Waals surface area contributed by atoms with Gasteiger partial charge in [0.05, 0.1) is 0 Å². The fourth-order valence-electron chi connectivity index (χ4n) is 4.67. The predicted molar refractivity (Wildman–Crippen MR) is 69.8 cm³/mol. The monoisotopic (exact) mass is 251 g/mol. The van der Waals surface area contributed by atoms with Gasteiger partial charge >= 0.3 is 0 Å². The molecule has 0 aliphatic heterocycles. The van der Waals surface area contributed by atoms with Crippen molar-refractivity contribution in [1.82, 2.24) is 5.32 Å². The van der Waals surface area contributed by atoms with Crippen LogP contribution in [0.3, 0.4) is 0 Å². The number of nitrogens with one attached hydrogen (secondary N) is 1. The van der Waals surface area contributed by atoms with E-state index in [2.05, 4.69) is 19.2 Å². The van der Waals surface area contributed by atoms with E-state index in [0.29, 0.717) is 30.1 Å². The number of hydrogen-bond acceptors (Lipinski definition) is 2. The van der Waals surface area contributed by atoms with Crippen molar-refractivity contribution < 1.29 is 9.90 Å². The molecule has 0 saturated heterocycles. The highest BCUT2D eigenvalue weighted by Gasteiger charge is 2.67. The van der Waals surface area contributed by atoms with Crippen molar-refractivity contribution in [2.24, 2.45) is 35.5 Å². The molecule has 5 unspecified atom stereocenters. The molecule has 0 aromatic heterocycles. The molecule has 3 nitrogen and oxygen atoms in total. The number of carbonyl (C=O) groups excluding carboxylic acids is 1. The van der Waals surface area contributed by atoms with Crippen LogP contribution in [0.4, 0.5) is 0 Å². The Kier molecular flexibility index (Phi) is 3.13. The minimum absolute atomic E-state index is 0.140. The van der Waals surface area contributed by atoms with Crippen molar-refractivity contribution in [2.45, 2.75) is 45.6 Å². The number of carbonyl (C=O) groups is 1. The molecule has 0 heterocycles. The fourth-order valence-corrected chi connectivity index (χ4v) is 4.67. The maximum absolute atomic E-state index is 12.3. The summed E-state index contributed by atoms with van der Waals surface area (Å²) < 4.78 is 0. The molecule has 2 N–H and O–H groups in total. The lowest BCUT2D eigenvalue weighted by Gasteiger charge is -2.22. The molecule has 0 radical (unpaired) electrons. The molecule has 18 heavy (non-hydrogen) atoms. The summed E-state index contributed by atoms with van der Waals surface area (Å²) in [7, 11) is 0. The Morgan fingerprint density at radius 3 is 2.39 bits per heavy atom. The van der Waals surface area contributed by atoms with Crippen molar-refractivity contribution in [3.63, 3.8) is 0 Å². The van der Waals surface area contributed by atoms with Crippen molar-refractivity contribution in [3.8, 4) is 0 Å². The normalized spacial score (nSPS) is 41.9. The standard InChI is InChI=1S/C15H25NO2/c1-8(2)11(5-6-17)16-15(18)14-12-9-3-4-10(7-9)13(12)14/h8-14,17H,3-7H2,1-2H3,(H,16,18). The van der Waals surface area contributed by atoms with E-state index in [9.17, 15) is 4.79 Å². The summed E-state index contributed by atoms with van der Waals surface area (Å²) in [5.74, 6) is 4.12. The smallest absolute Gasteiger partial charge is 0.223 e. The summed E-state index contributed by atoms with van der Waals surface area (Å²) in [6.45, 7) is 4.38. The first-order chi connectivity index (χ1) is 8.63. The zero-order chi connectivity index (χ0) is 12.9. The molecule has 2 bridgehead atoms. The van der Waals surface area contributed by atoms with Crippen LogP contribution in [0.1, 0.15) is 39.5 Å². The lowest BCUT2D eigenvalue weighted by molar-refractivity contribution is -0.124. The molecule has 3 rings (SSSR count). The molecule has 3 fully saturated rings. The molecular formula is C15H25NO2. The number of aliphatic hydroxyl groups excluding tert-OH is 1. The van der Waals surface area contributed by atoms with Crippen LogP contribution in [0.5, 0.6) is 0 Å². The molecule has 3 saturated carbocycles. The van der Waals surface area contributed by atoms with Gasteiger partial charge in [-0.25, -0.2) is 0 Å². The van der Waals surface area contributed by atoms with Crippen molar-refractivity contribution in [1.29, 1.82) is 0 Å². The second kappa shape index (κ2) is 4.52. The third kappa shape index (κ3) is 1.87. The Hall–Kier alpha value is -0.570. The van der Waals surface area contributed by atoms with E-state index < -0.39 is 0 Å². The lowest BCUT2D eigenvalue weighted by atomic mass is 9.99. The van der Waals surface area contributed by atoms with E-state index in [0.717, 1.165) is 11.8 Å². The number of fused-ring (bicyclic) bond motifs is 5. The van der Waals surface area contributed by atoms with Gasteiger partial charge in [0.15, 0.2) is 0 Å². The van der Waals surface area contributed by atoms with Gasteiger partial charge in [-0.1, -0.05) is 13.8 Å². The zero-order valence-corrected chi connectivity index (χ0v) is 11.4. The first-order valence-corrected chi connectivity index (χ1v) is 7.54. The fraction of sp³-hybridized carbons (Fsp3) is 0.933. The van der Waals surface area contributed by atoms with E-state index in [1.807, 2.05) is 0 Å². The number of amides is 1. The molecule has 102 valence electrons. The van der Waals surface area contributed by atoms with Gasteiger partial charge < -0.3 is 10.4 Å². The minimum Gasteiger partial charge on any atom is -0.396 e. The molecule has 0 spiro atoms. The summed E-state index contributed by atoms with van der Waals surface area (Å²) in [5, 5.41) is 12.2. The van der Waals surface area contributed by atoms with E-state index >= 15 is 0 Å². The Balaban J connectivity index is 1.57. The van der Waals surface area contributed by atoms with Gasteiger partial charge in [0.1, 0.15) is 0 Å². The van der Waals surface area contributed by atoms with E-state index in [1.165, 1.54) is 19.3 Å². The molecule has 3 aliphatic carbocycles. The zero-order valence-electron chi connectivity index (χ0n) is 11.4. The summed E-state index contributed by atoms with van der Waals surface area (Å²) in [5.41, 5.74) is 0. The van der Waals surface area contributed by atoms with Crippen LogP contribution in [0.2, 0.25) is 0 Å². The highest BCUT2D eigenvalue weighted by molar-refractivity contribution is 5.83. The lowest BCUT2D eigenvalue weighted by Crippen LogP contribution is -2.40. The van der Waals surface area contributed by atoms with Crippen LogP contribution in [0, 0.1) is 35.5 Å². The molecule has 0 aromatic carbocycles. The highest BCUT2D eigenvalue weighted by atomic mass is 16.3. The highest BCUT2D eigenvalue weighted by Crippen LogP contribution is 2.69. The Labute approximate surface area is 109 Å². The molecule has 0 aromatic rings. The van der Waals surface area contributed by atoms with Crippen molar-refractivity contribution >= 4 is 5.91 Å². The molecular weight excluding hydrogens is 226 g/mol. The Morgan fingerprint density at radius 2 is 1.89 bits per heavy atom. The number of hydrogen-bond donors (Lipinski definition) is 2. The van der Waals surface area contributed by atoms with Gasteiger partial charge in [-0.05, 0) is 55.3 Å². The maximum Gasteiger partial charge on any atom is 0.223 e. The van der Waals surface area contributed by atoms with Gasteiger partial charge in [-0.15, -0.1) is 0 Å². The average Bonchev–Trinajstić information content (AvgIpc) is 2.78. The second-order valence-electron chi connectivity index (χ2n) is 6.89. The molecule has 5 atom stereocenters. The summed E-state index contributed by atoms with van der Waals surface area (Å²) in [6.07, 6.45) is 4.79. The first kappa shape index (κ1) is 12.5. The SMILES string of the molecule is CC(C)C(CCO)NC(=O)C1C2C3CCC(C3)C12. The summed E-state index contributed by atoms with van der Waals surface area (Å²) >= 11 is 0. The maximum atomic E-state index is 12.3. The predicted octanol–water partition coefficient (Wildman–Crippen LogP) is 1.80. The Bertz CT molecular complexity index is 325. The van der Waals surface area contributed by atoms with Crippen LogP contribution >= 0.6 is 0 Å². The topological polar surface area (TPSA) is 49.3 Å². The largest absolute Gasteiger partial charge is 0.396 e. The molecule has 1 amide bonds. The van der Waals surface area contributed by atoms with Crippen LogP contribution in [-0.4, -0.2) is 23.7 Å². The van der Waals surface area contributed by atoms with Gasteiger partial charge in [-0.2, -0.15) is 0 Å².